The first-order valence-corrected chi connectivity index (χ1v) is 9.63. The predicted octanol–water partition coefficient (Wildman–Crippen LogP) is 2.60. The minimum atomic E-state index is -3.10. The predicted molar refractivity (Wildman–Crippen MR) is 76.4 cm³/mol. The number of alkyl halides is 1. The van der Waals surface area contributed by atoms with Gasteiger partial charge in [0.15, 0.2) is 0 Å². The van der Waals surface area contributed by atoms with Crippen molar-refractivity contribution < 1.29 is 8.42 Å². The highest BCUT2D eigenvalue weighted by Crippen LogP contribution is 2.27. The van der Waals surface area contributed by atoms with Gasteiger partial charge in [-0.3, -0.25) is 0 Å². The second-order valence-electron chi connectivity index (χ2n) is 4.55. The van der Waals surface area contributed by atoms with E-state index in [2.05, 4.69) is 11.0 Å². The van der Waals surface area contributed by atoms with Gasteiger partial charge in [-0.05, 0) is 38.4 Å². The van der Waals surface area contributed by atoms with E-state index in [1.165, 1.54) is 6.42 Å². The zero-order valence-corrected chi connectivity index (χ0v) is 12.7. The maximum absolute atomic E-state index is 11.8. The Bertz CT molecular complexity index is 309. The highest BCUT2D eigenvalue weighted by atomic mass is 35.5. The number of nitrogens with one attached hydrogen (secondary N) is 1. The fourth-order valence-corrected chi connectivity index (χ4v) is 4.61. The molecule has 3 nitrogen and oxygen atoms in total. The SMILES string of the molecule is CSC1CCCC(NS(=O)(=O)CCCCCl)C1. The van der Waals surface area contributed by atoms with Crippen LogP contribution in [-0.2, 0) is 10.0 Å². The van der Waals surface area contributed by atoms with Gasteiger partial charge in [0.1, 0.15) is 0 Å². The zero-order chi connectivity index (χ0) is 12.7. The van der Waals surface area contributed by atoms with E-state index in [1.807, 2.05) is 11.8 Å². The van der Waals surface area contributed by atoms with Gasteiger partial charge in [-0.2, -0.15) is 11.8 Å². The number of unbranched alkanes of at least 4 members (excludes halogenated alkanes) is 1. The highest BCUT2D eigenvalue weighted by Gasteiger charge is 2.24. The summed E-state index contributed by atoms with van der Waals surface area (Å²) in [6.45, 7) is 0. The van der Waals surface area contributed by atoms with Crippen LogP contribution in [0.4, 0.5) is 0 Å². The van der Waals surface area contributed by atoms with Crippen molar-refractivity contribution >= 4 is 33.4 Å². The third kappa shape index (κ3) is 6.32. The van der Waals surface area contributed by atoms with Crippen molar-refractivity contribution in [3.63, 3.8) is 0 Å². The van der Waals surface area contributed by atoms with Gasteiger partial charge in [0, 0.05) is 17.2 Å². The average Bonchev–Trinajstić information content (AvgIpc) is 2.29. The zero-order valence-electron chi connectivity index (χ0n) is 10.3. The Kier molecular flexibility index (Phi) is 7.22. The number of hydrogen-bond acceptors (Lipinski definition) is 3. The van der Waals surface area contributed by atoms with E-state index < -0.39 is 10.0 Å². The molecule has 0 aromatic carbocycles. The maximum atomic E-state index is 11.8. The lowest BCUT2D eigenvalue weighted by molar-refractivity contribution is 0.420. The Morgan fingerprint density at radius 3 is 2.76 bits per heavy atom. The van der Waals surface area contributed by atoms with E-state index in [0.29, 0.717) is 17.6 Å². The molecule has 0 heterocycles. The van der Waals surface area contributed by atoms with Crippen molar-refractivity contribution in [2.75, 3.05) is 17.9 Å². The third-order valence-corrected chi connectivity index (χ3v) is 5.98. The van der Waals surface area contributed by atoms with E-state index in [1.54, 1.807) is 0 Å². The Morgan fingerprint density at radius 1 is 1.35 bits per heavy atom. The molecule has 1 fully saturated rings. The van der Waals surface area contributed by atoms with E-state index in [4.69, 9.17) is 11.6 Å². The third-order valence-electron chi connectivity index (χ3n) is 3.10. The molecule has 0 spiro atoms. The van der Waals surface area contributed by atoms with Crippen LogP contribution < -0.4 is 4.72 Å². The van der Waals surface area contributed by atoms with Gasteiger partial charge in [-0.15, -0.1) is 11.6 Å². The molecule has 0 aromatic heterocycles. The summed E-state index contributed by atoms with van der Waals surface area (Å²) in [5, 5.41) is 0.610. The second-order valence-corrected chi connectivity index (χ2v) is 7.94. The topological polar surface area (TPSA) is 46.2 Å². The molecule has 0 aromatic rings. The maximum Gasteiger partial charge on any atom is 0.211 e. The molecular formula is C11H22ClNO2S2. The summed E-state index contributed by atoms with van der Waals surface area (Å²) in [6.07, 6.45) is 7.80. The molecule has 6 heteroatoms. The van der Waals surface area contributed by atoms with Crippen LogP contribution in [-0.4, -0.2) is 37.6 Å². The van der Waals surface area contributed by atoms with Crippen LogP contribution in [0.2, 0.25) is 0 Å². The van der Waals surface area contributed by atoms with Crippen LogP contribution in [0.1, 0.15) is 38.5 Å². The number of thioether (sulfide) groups is 1. The van der Waals surface area contributed by atoms with Crippen molar-refractivity contribution in [2.45, 2.75) is 49.8 Å². The van der Waals surface area contributed by atoms with Crippen LogP contribution >= 0.6 is 23.4 Å². The van der Waals surface area contributed by atoms with Gasteiger partial charge in [0.2, 0.25) is 10.0 Å². The fraction of sp³-hybridized carbons (Fsp3) is 1.00. The molecule has 2 atom stereocenters. The quantitative estimate of drug-likeness (QED) is 0.580. The van der Waals surface area contributed by atoms with Crippen molar-refractivity contribution in [1.29, 1.82) is 0 Å². The summed E-state index contributed by atoms with van der Waals surface area (Å²) in [5.41, 5.74) is 0. The largest absolute Gasteiger partial charge is 0.212 e. The lowest BCUT2D eigenvalue weighted by atomic mass is 9.96. The van der Waals surface area contributed by atoms with Gasteiger partial charge in [-0.1, -0.05) is 6.42 Å². The summed E-state index contributed by atoms with van der Waals surface area (Å²) >= 11 is 7.39. The van der Waals surface area contributed by atoms with Crippen LogP contribution in [0.15, 0.2) is 0 Å². The molecule has 0 amide bonds. The van der Waals surface area contributed by atoms with Gasteiger partial charge >= 0.3 is 0 Å². The monoisotopic (exact) mass is 299 g/mol. The summed E-state index contributed by atoms with van der Waals surface area (Å²) < 4.78 is 26.4. The molecule has 17 heavy (non-hydrogen) atoms. The van der Waals surface area contributed by atoms with E-state index in [0.717, 1.165) is 25.7 Å². The number of sulfonamides is 1. The minimum Gasteiger partial charge on any atom is -0.212 e. The average molecular weight is 300 g/mol. The van der Waals surface area contributed by atoms with Crippen LogP contribution in [0.25, 0.3) is 0 Å². The van der Waals surface area contributed by atoms with Crippen LogP contribution in [0.5, 0.6) is 0 Å². The number of rotatable bonds is 7. The van der Waals surface area contributed by atoms with Gasteiger partial charge in [0.25, 0.3) is 0 Å². The summed E-state index contributed by atoms with van der Waals surface area (Å²) in [5.74, 6) is 0.744. The Balaban J connectivity index is 2.36. The molecule has 0 aliphatic heterocycles. The molecular weight excluding hydrogens is 278 g/mol. The molecule has 0 saturated heterocycles. The summed E-state index contributed by atoms with van der Waals surface area (Å²) in [6, 6.07) is 0.141. The molecule has 102 valence electrons. The Hall–Kier alpha value is 0.550. The van der Waals surface area contributed by atoms with Crippen molar-refractivity contribution in [2.24, 2.45) is 0 Å². The molecule has 0 bridgehead atoms. The molecule has 2 unspecified atom stereocenters. The summed E-state index contributed by atoms with van der Waals surface area (Å²) in [7, 11) is -3.10. The fourth-order valence-electron chi connectivity index (χ4n) is 2.17. The highest BCUT2D eigenvalue weighted by molar-refractivity contribution is 7.99. The first-order chi connectivity index (χ1) is 8.07. The van der Waals surface area contributed by atoms with E-state index in [-0.39, 0.29) is 11.8 Å². The molecule has 1 aliphatic carbocycles. The lowest BCUT2D eigenvalue weighted by Crippen LogP contribution is -2.40. The van der Waals surface area contributed by atoms with E-state index >= 15 is 0 Å². The molecule has 1 rings (SSSR count). The van der Waals surface area contributed by atoms with Gasteiger partial charge < -0.3 is 0 Å². The molecule has 0 radical (unpaired) electrons. The van der Waals surface area contributed by atoms with Gasteiger partial charge in [-0.25, -0.2) is 13.1 Å². The molecule has 1 N–H and O–H groups in total. The second kappa shape index (κ2) is 7.87. The smallest absolute Gasteiger partial charge is 0.211 e. The standard InChI is InChI=1S/C11H22ClNO2S2/c1-16-11-6-4-5-10(9-11)13-17(14,15)8-3-2-7-12/h10-11,13H,2-9H2,1H3. The van der Waals surface area contributed by atoms with Crippen molar-refractivity contribution in [3.8, 4) is 0 Å². The van der Waals surface area contributed by atoms with Crippen LogP contribution in [0.3, 0.4) is 0 Å². The number of hydrogen-bond donors (Lipinski definition) is 1. The Labute approximate surface area is 114 Å². The van der Waals surface area contributed by atoms with Crippen molar-refractivity contribution in [3.05, 3.63) is 0 Å². The van der Waals surface area contributed by atoms with Crippen LogP contribution in [0, 0.1) is 0 Å². The normalized spacial score (nSPS) is 26.0. The summed E-state index contributed by atoms with van der Waals surface area (Å²) in [4.78, 5) is 0. The molecule has 1 saturated carbocycles. The van der Waals surface area contributed by atoms with Crippen molar-refractivity contribution in [1.82, 2.24) is 4.72 Å². The first kappa shape index (κ1) is 15.6. The minimum absolute atomic E-state index is 0.141. The molecule has 1 aliphatic rings. The van der Waals surface area contributed by atoms with E-state index in [9.17, 15) is 8.42 Å². The van der Waals surface area contributed by atoms with Gasteiger partial charge in [0.05, 0.1) is 5.75 Å². The first-order valence-electron chi connectivity index (χ1n) is 6.16. The number of halogens is 1. The Morgan fingerprint density at radius 2 is 2.12 bits per heavy atom. The lowest BCUT2D eigenvalue weighted by Gasteiger charge is -2.28.